The van der Waals surface area contributed by atoms with Crippen LogP contribution in [0.25, 0.3) is 0 Å². The summed E-state index contributed by atoms with van der Waals surface area (Å²) >= 11 is 0. The van der Waals surface area contributed by atoms with E-state index in [1.54, 1.807) is 12.4 Å². The summed E-state index contributed by atoms with van der Waals surface area (Å²) in [5.74, 6) is 0. The second-order valence-electron chi connectivity index (χ2n) is 3.02. The van der Waals surface area contributed by atoms with Crippen molar-refractivity contribution in [2.24, 2.45) is 5.73 Å². The normalized spacial score (nSPS) is 12.6. The molecule has 1 atom stereocenters. The predicted molar refractivity (Wildman–Crippen MR) is 53.7 cm³/mol. The second-order valence-corrected chi connectivity index (χ2v) is 3.02. The zero-order chi connectivity index (χ0) is 9.80. The molecule has 2 aromatic heterocycles. The molecule has 1 unspecified atom stereocenters. The van der Waals surface area contributed by atoms with E-state index in [1.807, 2.05) is 35.3 Å². The van der Waals surface area contributed by atoms with Gasteiger partial charge in [-0.2, -0.15) is 5.10 Å². The molecule has 0 aliphatic rings. The summed E-state index contributed by atoms with van der Waals surface area (Å²) in [5, 5.41) is 4.17. The van der Waals surface area contributed by atoms with Crippen molar-refractivity contribution in [3.63, 3.8) is 0 Å². The topological polar surface area (TPSA) is 56.7 Å². The van der Waals surface area contributed by atoms with E-state index in [4.69, 9.17) is 5.73 Å². The number of hydrogen-bond donors (Lipinski definition) is 1. The Bertz CT molecular complexity index is 368. The summed E-state index contributed by atoms with van der Waals surface area (Å²) in [5.41, 5.74) is 6.79. The number of hydrogen-bond acceptors (Lipinski definition) is 3. The molecule has 14 heavy (non-hydrogen) atoms. The van der Waals surface area contributed by atoms with Gasteiger partial charge in [-0.25, -0.2) is 0 Å². The van der Waals surface area contributed by atoms with E-state index >= 15 is 0 Å². The van der Waals surface area contributed by atoms with Crippen LogP contribution in [0.4, 0.5) is 0 Å². The molecule has 0 spiro atoms. The Morgan fingerprint density at radius 3 is 2.86 bits per heavy atom. The third-order valence-electron chi connectivity index (χ3n) is 2.14. The van der Waals surface area contributed by atoms with Gasteiger partial charge in [-0.05, 0) is 17.7 Å². The first-order valence-electron chi connectivity index (χ1n) is 4.51. The van der Waals surface area contributed by atoms with Crippen LogP contribution in [0.1, 0.15) is 11.6 Å². The number of aromatic nitrogens is 3. The van der Waals surface area contributed by atoms with E-state index in [9.17, 15) is 0 Å². The highest BCUT2D eigenvalue weighted by Crippen LogP contribution is 2.13. The van der Waals surface area contributed by atoms with Gasteiger partial charge in [0.05, 0.1) is 6.04 Å². The molecule has 4 heteroatoms. The molecular formula is C10H12N4. The second kappa shape index (κ2) is 4.02. The first-order valence-corrected chi connectivity index (χ1v) is 4.51. The van der Waals surface area contributed by atoms with Gasteiger partial charge in [0, 0.05) is 31.3 Å². The SMILES string of the molecule is NCC(c1cccnc1)n1cccn1. The lowest BCUT2D eigenvalue weighted by Crippen LogP contribution is -2.20. The highest BCUT2D eigenvalue weighted by molar-refractivity contribution is 5.15. The van der Waals surface area contributed by atoms with Crippen molar-refractivity contribution >= 4 is 0 Å². The van der Waals surface area contributed by atoms with Gasteiger partial charge in [0.15, 0.2) is 0 Å². The molecule has 72 valence electrons. The minimum Gasteiger partial charge on any atom is -0.328 e. The molecule has 2 aromatic rings. The van der Waals surface area contributed by atoms with Gasteiger partial charge < -0.3 is 5.73 Å². The lowest BCUT2D eigenvalue weighted by atomic mass is 10.1. The fourth-order valence-electron chi connectivity index (χ4n) is 1.43. The fraction of sp³-hybridized carbons (Fsp3) is 0.200. The number of rotatable bonds is 3. The van der Waals surface area contributed by atoms with Crippen molar-refractivity contribution in [3.05, 3.63) is 48.5 Å². The molecule has 0 aromatic carbocycles. The van der Waals surface area contributed by atoms with E-state index in [0.29, 0.717) is 6.54 Å². The van der Waals surface area contributed by atoms with Crippen LogP contribution in [0, 0.1) is 0 Å². The molecule has 0 radical (unpaired) electrons. The Morgan fingerprint density at radius 1 is 1.36 bits per heavy atom. The Balaban J connectivity index is 2.31. The molecule has 0 amide bonds. The Labute approximate surface area is 82.4 Å². The Hall–Kier alpha value is -1.68. The van der Waals surface area contributed by atoms with Crippen molar-refractivity contribution in [3.8, 4) is 0 Å². The van der Waals surface area contributed by atoms with Crippen LogP contribution in [0.2, 0.25) is 0 Å². The zero-order valence-corrected chi connectivity index (χ0v) is 7.74. The van der Waals surface area contributed by atoms with Crippen molar-refractivity contribution in [1.82, 2.24) is 14.8 Å². The summed E-state index contributed by atoms with van der Waals surface area (Å²) in [6.45, 7) is 0.521. The monoisotopic (exact) mass is 188 g/mol. The van der Waals surface area contributed by atoms with E-state index in [1.165, 1.54) is 0 Å². The van der Waals surface area contributed by atoms with E-state index in [2.05, 4.69) is 10.1 Å². The Morgan fingerprint density at radius 2 is 2.29 bits per heavy atom. The van der Waals surface area contributed by atoms with Crippen LogP contribution < -0.4 is 5.73 Å². The average Bonchev–Trinajstić information content (AvgIpc) is 2.74. The molecule has 2 N–H and O–H groups in total. The van der Waals surface area contributed by atoms with Crippen LogP contribution in [-0.4, -0.2) is 21.3 Å². The summed E-state index contributed by atoms with van der Waals surface area (Å²) in [6.07, 6.45) is 7.23. The molecule has 4 nitrogen and oxygen atoms in total. The molecular weight excluding hydrogens is 176 g/mol. The summed E-state index contributed by atoms with van der Waals surface area (Å²) in [6, 6.07) is 5.88. The third kappa shape index (κ3) is 1.65. The molecule has 0 saturated carbocycles. The van der Waals surface area contributed by atoms with Crippen molar-refractivity contribution < 1.29 is 0 Å². The first-order chi connectivity index (χ1) is 6.92. The number of nitrogens with two attached hydrogens (primary N) is 1. The summed E-state index contributed by atoms with van der Waals surface area (Å²) in [7, 11) is 0. The van der Waals surface area contributed by atoms with Crippen LogP contribution >= 0.6 is 0 Å². The van der Waals surface area contributed by atoms with E-state index in [0.717, 1.165) is 5.56 Å². The van der Waals surface area contributed by atoms with Gasteiger partial charge >= 0.3 is 0 Å². The van der Waals surface area contributed by atoms with Gasteiger partial charge in [-0.1, -0.05) is 6.07 Å². The highest BCUT2D eigenvalue weighted by Gasteiger charge is 2.10. The van der Waals surface area contributed by atoms with Gasteiger partial charge in [-0.15, -0.1) is 0 Å². The number of nitrogens with zero attached hydrogens (tertiary/aromatic N) is 3. The zero-order valence-electron chi connectivity index (χ0n) is 7.74. The van der Waals surface area contributed by atoms with Gasteiger partial charge in [0.2, 0.25) is 0 Å². The smallest absolute Gasteiger partial charge is 0.0905 e. The van der Waals surface area contributed by atoms with Gasteiger partial charge in [0.1, 0.15) is 0 Å². The maximum absolute atomic E-state index is 5.71. The highest BCUT2D eigenvalue weighted by atomic mass is 15.3. The van der Waals surface area contributed by atoms with Crippen LogP contribution in [0.5, 0.6) is 0 Å². The van der Waals surface area contributed by atoms with Crippen molar-refractivity contribution in [1.29, 1.82) is 0 Å². The summed E-state index contributed by atoms with van der Waals surface area (Å²) in [4.78, 5) is 4.07. The predicted octanol–water partition coefficient (Wildman–Crippen LogP) is 0.826. The standard InChI is InChI=1S/C10H12N4/c11-7-10(14-6-2-5-13-14)9-3-1-4-12-8-9/h1-6,8,10H,7,11H2. The number of pyridine rings is 1. The Kier molecular flexibility index (Phi) is 2.55. The fourth-order valence-corrected chi connectivity index (χ4v) is 1.43. The van der Waals surface area contributed by atoms with Gasteiger partial charge in [-0.3, -0.25) is 9.67 Å². The largest absolute Gasteiger partial charge is 0.328 e. The first kappa shape index (κ1) is 8.90. The summed E-state index contributed by atoms with van der Waals surface area (Å²) < 4.78 is 1.84. The average molecular weight is 188 g/mol. The van der Waals surface area contributed by atoms with Crippen molar-refractivity contribution in [2.75, 3.05) is 6.54 Å². The van der Waals surface area contributed by atoms with Crippen LogP contribution in [-0.2, 0) is 0 Å². The lowest BCUT2D eigenvalue weighted by molar-refractivity contribution is 0.530. The van der Waals surface area contributed by atoms with E-state index in [-0.39, 0.29) is 6.04 Å². The van der Waals surface area contributed by atoms with Crippen LogP contribution in [0.15, 0.2) is 43.0 Å². The van der Waals surface area contributed by atoms with E-state index < -0.39 is 0 Å². The van der Waals surface area contributed by atoms with Crippen molar-refractivity contribution in [2.45, 2.75) is 6.04 Å². The maximum Gasteiger partial charge on any atom is 0.0905 e. The van der Waals surface area contributed by atoms with Gasteiger partial charge in [0.25, 0.3) is 0 Å². The minimum absolute atomic E-state index is 0.0821. The van der Waals surface area contributed by atoms with Crippen LogP contribution in [0.3, 0.4) is 0 Å². The molecule has 0 aliphatic heterocycles. The third-order valence-corrected chi connectivity index (χ3v) is 2.14. The molecule has 2 heterocycles. The lowest BCUT2D eigenvalue weighted by Gasteiger charge is -2.14. The minimum atomic E-state index is 0.0821. The quantitative estimate of drug-likeness (QED) is 0.776. The molecule has 2 rings (SSSR count). The molecule has 0 fully saturated rings. The molecule has 0 saturated heterocycles. The maximum atomic E-state index is 5.71. The molecule has 0 bridgehead atoms. The molecule has 0 aliphatic carbocycles.